The van der Waals surface area contributed by atoms with Gasteiger partial charge in [-0.3, -0.25) is 0 Å². The molecule has 3 heterocycles. The maximum absolute atomic E-state index is 13.3. The van der Waals surface area contributed by atoms with Crippen LogP contribution >= 0.6 is 0 Å². The number of rotatable bonds is 22. The number of carbonyl (C=O) groups excluding carboxylic acids is 2. The van der Waals surface area contributed by atoms with E-state index >= 15 is 0 Å². The number of ether oxygens (including phenoxy) is 6. The molecule has 0 unspecified atom stereocenters. The minimum atomic E-state index is -2.26. The Morgan fingerprint density at radius 2 is 1.48 bits per heavy atom. The molecule has 4 rings (SSSR count). The van der Waals surface area contributed by atoms with Gasteiger partial charge in [0, 0.05) is 18.2 Å². The Morgan fingerprint density at radius 1 is 0.820 bits per heavy atom. The lowest BCUT2D eigenvalue weighted by Crippen LogP contribution is -2.67. The highest BCUT2D eigenvalue weighted by Gasteiger charge is 2.63. The summed E-state index contributed by atoms with van der Waals surface area (Å²) in [5.41, 5.74) is 0.116. The minimum absolute atomic E-state index is 0.107. The van der Waals surface area contributed by atoms with E-state index in [9.17, 15) is 50.4 Å². The second kappa shape index (κ2) is 25.0. The Bertz CT molecular complexity index is 1720. The van der Waals surface area contributed by atoms with E-state index in [-0.39, 0.29) is 29.9 Å². The van der Waals surface area contributed by atoms with Gasteiger partial charge in [-0.1, -0.05) is 100 Å². The van der Waals surface area contributed by atoms with Gasteiger partial charge < -0.3 is 69.3 Å². The number of allylic oxidation sites excluding steroid dienone is 8. The van der Waals surface area contributed by atoms with Crippen LogP contribution in [0, 0.1) is 0 Å². The summed E-state index contributed by atoms with van der Waals surface area (Å²) in [7, 11) is 0. The zero-order valence-corrected chi connectivity index (χ0v) is 34.7. The van der Waals surface area contributed by atoms with Gasteiger partial charge >= 0.3 is 11.9 Å². The molecule has 61 heavy (non-hydrogen) atoms. The normalized spacial score (nSPS) is 29.9. The molecule has 0 saturated carbocycles. The number of hydrogen-bond acceptors (Lipinski definition) is 16. The summed E-state index contributed by atoms with van der Waals surface area (Å²) in [6, 6.07) is 2.26. The van der Waals surface area contributed by atoms with Crippen LogP contribution in [0.15, 0.2) is 85.0 Å². The van der Waals surface area contributed by atoms with Crippen LogP contribution < -0.4 is 0 Å². The number of hydrogen-bond donors (Lipinski definition) is 8. The minimum Gasteiger partial charge on any atom is -0.508 e. The number of aromatic hydroxyl groups is 2. The van der Waals surface area contributed by atoms with Gasteiger partial charge in [-0.2, -0.15) is 0 Å². The quantitative estimate of drug-likeness (QED) is 0.0360. The molecule has 16 heteroatoms. The molecular formula is C45H62O16. The fourth-order valence-electron chi connectivity index (χ4n) is 7.09. The topological polar surface area (TPSA) is 251 Å². The highest BCUT2D eigenvalue weighted by Crippen LogP contribution is 2.51. The van der Waals surface area contributed by atoms with Crippen LogP contribution in [0.5, 0.6) is 11.5 Å². The van der Waals surface area contributed by atoms with Crippen LogP contribution in [0.2, 0.25) is 0 Å². The van der Waals surface area contributed by atoms with E-state index in [2.05, 4.69) is 13.8 Å². The molecule has 3 aliphatic heterocycles. The van der Waals surface area contributed by atoms with Crippen LogP contribution in [-0.4, -0.2) is 127 Å². The van der Waals surface area contributed by atoms with Crippen LogP contribution in [0.3, 0.4) is 0 Å². The summed E-state index contributed by atoms with van der Waals surface area (Å²) in [6.45, 7) is 2.50. The molecule has 0 amide bonds. The summed E-state index contributed by atoms with van der Waals surface area (Å²) >= 11 is 0. The standard InChI is InChI=1S/C45H62O16/c1-3-5-7-9-11-13-16-20-30(47)21-17-15-19-23-36(51)59-42-41(33(26-46)61-45(43(42)55)37-29(27-57-45)24-31(48)25-32(37)49)60-44-40(54)39(53)38(52)34(58-44)28-56-35(50)22-18-14-12-10-8-6-4-2/h11-20,22-25,30,33-34,38-44,46-49,52-55H,3-10,21,26-28H2,1-2H3/t30-,33+,34-,38-,39-,40-,41-,42+,43+,44+,45-/m0/s1. The summed E-state index contributed by atoms with van der Waals surface area (Å²) < 4.78 is 34.7. The largest absolute Gasteiger partial charge is 0.508 e. The average molecular weight is 859 g/mol. The molecule has 1 spiro atoms. The Hall–Kier alpha value is -4.20. The second-order valence-electron chi connectivity index (χ2n) is 15.1. The number of benzene rings is 1. The van der Waals surface area contributed by atoms with E-state index in [1.165, 1.54) is 24.3 Å². The van der Waals surface area contributed by atoms with Gasteiger partial charge in [0.05, 0.1) is 24.9 Å². The number of unbranched alkanes of at least 4 members (excludes halogenated alkanes) is 6. The third-order valence-corrected chi connectivity index (χ3v) is 10.3. The van der Waals surface area contributed by atoms with Crippen molar-refractivity contribution in [2.75, 3.05) is 13.2 Å². The van der Waals surface area contributed by atoms with Crippen LogP contribution in [-0.2, 0) is 50.4 Å². The Balaban J connectivity index is 1.50. The Kier molecular flexibility index (Phi) is 20.3. The van der Waals surface area contributed by atoms with Crippen molar-refractivity contribution in [2.45, 2.75) is 145 Å². The first kappa shape index (κ1) is 49.5. The number of carbonyl (C=O) groups is 2. The first-order valence-corrected chi connectivity index (χ1v) is 20.9. The van der Waals surface area contributed by atoms with E-state index in [0.717, 1.165) is 69.6 Å². The lowest BCUT2D eigenvalue weighted by Gasteiger charge is -2.50. The molecule has 338 valence electrons. The number of fused-ring (bicyclic) bond motifs is 2. The number of phenolic OH excluding ortho intramolecular Hbond substituents is 2. The molecule has 0 aliphatic carbocycles. The average Bonchev–Trinajstić information content (AvgIpc) is 3.60. The van der Waals surface area contributed by atoms with Crippen molar-refractivity contribution < 1.29 is 78.9 Å². The molecule has 16 nitrogen and oxygen atoms in total. The van der Waals surface area contributed by atoms with Gasteiger partial charge in [0.15, 0.2) is 18.5 Å². The van der Waals surface area contributed by atoms with Crippen molar-refractivity contribution in [3.8, 4) is 11.5 Å². The third kappa shape index (κ3) is 13.9. The summed E-state index contributed by atoms with van der Waals surface area (Å²) in [6.07, 6.45) is 11.0. The zero-order valence-electron chi connectivity index (χ0n) is 34.7. The van der Waals surface area contributed by atoms with Gasteiger partial charge in [-0.05, 0) is 43.7 Å². The van der Waals surface area contributed by atoms with E-state index in [1.807, 2.05) is 18.2 Å². The molecule has 2 fully saturated rings. The summed E-state index contributed by atoms with van der Waals surface area (Å²) in [4.78, 5) is 25.7. The predicted molar refractivity (Wildman–Crippen MR) is 220 cm³/mol. The smallest absolute Gasteiger partial charge is 0.331 e. The van der Waals surface area contributed by atoms with Crippen LogP contribution in [0.4, 0.5) is 0 Å². The molecular weight excluding hydrogens is 796 g/mol. The molecule has 0 radical (unpaired) electrons. The van der Waals surface area contributed by atoms with Crippen LogP contribution in [0.25, 0.3) is 0 Å². The molecule has 1 aromatic carbocycles. The monoisotopic (exact) mass is 858 g/mol. The highest BCUT2D eigenvalue weighted by atomic mass is 16.8. The maximum atomic E-state index is 13.3. The van der Waals surface area contributed by atoms with Crippen molar-refractivity contribution in [1.29, 1.82) is 0 Å². The van der Waals surface area contributed by atoms with Gasteiger partial charge in [0.25, 0.3) is 0 Å². The Morgan fingerprint density at radius 3 is 2.15 bits per heavy atom. The zero-order chi connectivity index (χ0) is 44.4. The van der Waals surface area contributed by atoms with E-state index in [4.69, 9.17) is 28.4 Å². The molecule has 0 bridgehead atoms. The lowest BCUT2D eigenvalue weighted by molar-refractivity contribution is -0.395. The van der Waals surface area contributed by atoms with Gasteiger partial charge in [-0.15, -0.1) is 0 Å². The van der Waals surface area contributed by atoms with Crippen LogP contribution in [0.1, 0.15) is 82.8 Å². The fraction of sp³-hybridized carbons (Fsp3) is 0.556. The summed E-state index contributed by atoms with van der Waals surface area (Å²) in [5.74, 6) is -4.90. The fourth-order valence-corrected chi connectivity index (χ4v) is 7.09. The van der Waals surface area contributed by atoms with Gasteiger partial charge in [0.1, 0.15) is 54.7 Å². The molecule has 11 atom stereocenters. The van der Waals surface area contributed by atoms with E-state index < -0.39 is 97.9 Å². The van der Waals surface area contributed by atoms with Crippen molar-refractivity contribution in [3.05, 3.63) is 96.2 Å². The molecule has 8 N–H and O–H groups in total. The van der Waals surface area contributed by atoms with Gasteiger partial charge in [-0.25, -0.2) is 9.59 Å². The highest BCUT2D eigenvalue weighted by molar-refractivity contribution is 5.82. The van der Waals surface area contributed by atoms with E-state index in [1.54, 1.807) is 24.3 Å². The number of aliphatic hydroxyl groups is 6. The maximum Gasteiger partial charge on any atom is 0.331 e. The van der Waals surface area contributed by atoms with Crippen molar-refractivity contribution >= 4 is 11.9 Å². The number of phenols is 2. The second-order valence-corrected chi connectivity index (χ2v) is 15.1. The van der Waals surface area contributed by atoms with Gasteiger partial charge in [0.2, 0.25) is 5.79 Å². The van der Waals surface area contributed by atoms with Crippen molar-refractivity contribution in [1.82, 2.24) is 0 Å². The molecule has 2 saturated heterocycles. The number of esters is 2. The molecule has 3 aliphatic rings. The van der Waals surface area contributed by atoms with Crippen molar-refractivity contribution in [3.63, 3.8) is 0 Å². The van der Waals surface area contributed by atoms with E-state index in [0.29, 0.717) is 0 Å². The predicted octanol–water partition coefficient (Wildman–Crippen LogP) is 3.43. The molecule has 0 aromatic heterocycles. The lowest BCUT2D eigenvalue weighted by atomic mass is 9.86. The third-order valence-electron chi connectivity index (χ3n) is 10.3. The summed E-state index contributed by atoms with van der Waals surface area (Å²) in [5, 5.41) is 86.2. The van der Waals surface area contributed by atoms with Crippen molar-refractivity contribution in [2.24, 2.45) is 0 Å². The molecule has 1 aromatic rings. The number of aliphatic hydroxyl groups excluding tert-OH is 6. The first-order valence-electron chi connectivity index (χ1n) is 20.9. The SMILES string of the molecule is CCCCCC=CC=CC(=O)OC[C@@H]1O[C@H](O[C@@H]2[C@@H](OC(=O)C=CC=CC[C@@H](O)C=CC=CCCCCC)[C@@H](O)[C@@]3(OCc4cc(O)cc(O)c43)O[C@@H]2CO)[C@@H](O)[C@@H](O)[C@H]1O. The Labute approximate surface area is 356 Å². The first-order chi connectivity index (χ1) is 29.4.